The molecule has 1 heterocycles. The lowest BCUT2D eigenvalue weighted by Gasteiger charge is -2.31. The lowest BCUT2D eigenvalue weighted by molar-refractivity contribution is 0.483. The van der Waals surface area contributed by atoms with Crippen LogP contribution >= 0.6 is 0 Å². The number of benzene rings is 1. The molecule has 0 saturated heterocycles. The summed E-state index contributed by atoms with van der Waals surface area (Å²) in [7, 11) is 0. The van der Waals surface area contributed by atoms with Gasteiger partial charge in [0.1, 0.15) is 5.84 Å². The largest absolute Gasteiger partial charge is 0.368 e. The number of nitrogens with one attached hydrogen (secondary N) is 2. The van der Waals surface area contributed by atoms with Gasteiger partial charge in [-0.3, -0.25) is 4.99 Å². The normalized spacial score (nSPS) is 19.9. The molecule has 20 heavy (non-hydrogen) atoms. The Morgan fingerprint density at radius 1 is 1.20 bits per heavy atom. The first-order chi connectivity index (χ1) is 9.37. The molecule has 1 unspecified atom stereocenters. The zero-order valence-corrected chi connectivity index (χ0v) is 13.3. The molecule has 0 aliphatic carbocycles. The van der Waals surface area contributed by atoms with Gasteiger partial charge < -0.3 is 10.6 Å². The van der Waals surface area contributed by atoms with Gasteiger partial charge in [0, 0.05) is 12.1 Å². The molecule has 0 bridgehead atoms. The van der Waals surface area contributed by atoms with Crippen LogP contribution in [-0.2, 0) is 0 Å². The van der Waals surface area contributed by atoms with Crippen LogP contribution in [-0.4, -0.2) is 24.5 Å². The number of aliphatic imine (C=N–C) groups is 1. The van der Waals surface area contributed by atoms with E-state index in [2.05, 4.69) is 74.5 Å². The molecule has 3 nitrogen and oxygen atoms in total. The third-order valence-corrected chi connectivity index (χ3v) is 3.46. The van der Waals surface area contributed by atoms with Crippen LogP contribution in [0.3, 0.4) is 0 Å². The van der Waals surface area contributed by atoms with E-state index in [0.717, 1.165) is 18.9 Å². The second-order valence-electron chi connectivity index (χ2n) is 6.85. The second-order valence-corrected chi connectivity index (χ2v) is 6.85. The first-order valence-corrected chi connectivity index (χ1v) is 7.52. The van der Waals surface area contributed by atoms with Crippen LogP contribution in [0.5, 0.6) is 0 Å². The molecule has 0 saturated carbocycles. The monoisotopic (exact) mass is 273 g/mol. The highest BCUT2D eigenvalue weighted by molar-refractivity contribution is 5.89. The van der Waals surface area contributed by atoms with E-state index in [4.69, 9.17) is 0 Å². The molecule has 110 valence electrons. The van der Waals surface area contributed by atoms with Crippen LogP contribution in [0, 0.1) is 0 Å². The van der Waals surface area contributed by atoms with Gasteiger partial charge in [0.15, 0.2) is 0 Å². The van der Waals surface area contributed by atoms with Gasteiger partial charge in [-0.15, -0.1) is 0 Å². The van der Waals surface area contributed by atoms with Crippen LogP contribution in [0.15, 0.2) is 29.3 Å². The molecule has 1 aromatic rings. The van der Waals surface area contributed by atoms with Crippen molar-refractivity contribution in [2.24, 2.45) is 4.99 Å². The second kappa shape index (κ2) is 5.96. The Balaban J connectivity index is 2.20. The topological polar surface area (TPSA) is 36.4 Å². The van der Waals surface area contributed by atoms with Crippen molar-refractivity contribution in [1.29, 1.82) is 0 Å². The molecule has 1 aromatic carbocycles. The quantitative estimate of drug-likeness (QED) is 0.868. The Hall–Kier alpha value is -1.35. The summed E-state index contributed by atoms with van der Waals surface area (Å²) in [5.41, 5.74) is 2.70. The van der Waals surface area contributed by atoms with Gasteiger partial charge in [0.25, 0.3) is 0 Å². The van der Waals surface area contributed by atoms with E-state index in [9.17, 15) is 0 Å². The third-order valence-electron chi connectivity index (χ3n) is 3.46. The zero-order valence-electron chi connectivity index (χ0n) is 13.3. The molecule has 1 aliphatic rings. The fourth-order valence-corrected chi connectivity index (χ4v) is 2.42. The highest BCUT2D eigenvalue weighted by atomic mass is 15.1. The predicted molar refractivity (Wildman–Crippen MR) is 86.5 cm³/mol. The van der Waals surface area contributed by atoms with Crippen molar-refractivity contribution >= 4 is 5.84 Å². The molecule has 0 amide bonds. The lowest BCUT2D eigenvalue weighted by atomic mass is 9.97. The predicted octanol–water partition coefficient (Wildman–Crippen LogP) is 3.24. The molecular weight excluding hydrogens is 246 g/mol. The van der Waals surface area contributed by atoms with Gasteiger partial charge in [0.2, 0.25) is 0 Å². The van der Waals surface area contributed by atoms with Crippen molar-refractivity contribution in [3.05, 3.63) is 35.4 Å². The summed E-state index contributed by atoms with van der Waals surface area (Å²) in [5, 5.41) is 7.09. The number of amidine groups is 1. The van der Waals surface area contributed by atoms with Crippen molar-refractivity contribution in [2.45, 2.75) is 52.1 Å². The van der Waals surface area contributed by atoms with Crippen LogP contribution in [0.2, 0.25) is 0 Å². The Labute approximate surface area is 122 Å². The lowest BCUT2D eigenvalue weighted by Crippen LogP contribution is -2.49. The maximum absolute atomic E-state index is 4.67. The molecule has 0 radical (unpaired) electrons. The SMILES string of the molecule is CC(C)c1ccc(C2NCCN=C2NC(C)(C)C)cc1. The zero-order chi connectivity index (χ0) is 14.8. The van der Waals surface area contributed by atoms with Crippen LogP contribution in [0.1, 0.15) is 57.7 Å². The summed E-state index contributed by atoms with van der Waals surface area (Å²) in [6.45, 7) is 12.7. The fourth-order valence-electron chi connectivity index (χ4n) is 2.42. The molecule has 0 fully saturated rings. The van der Waals surface area contributed by atoms with Gasteiger partial charge in [-0.2, -0.15) is 0 Å². The highest BCUT2D eigenvalue weighted by Gasteiger charge is 2.24. The molecule has 1 aliphatic heterocycles. The summed E-state index contributed by atoms with van der Waals surface area (Å²) in [6, 6.07) is 9.08. The van der Waals surface area contributed by atoms with Crippen LogP contribution in [0.4, 0.5) is 0 Å². The summed E-state index contributed by atoms with van der Waals surface area (Å²) < 4.78 is 0. The maximum Gasteiger partial charge on any atom is 0.119 e. The molecule has 1 atom stereocenters. The Kier molecular flexibility index (Phi) is 4.48. The fraction of sp³-hybridized carbons (Fsp3) is 0.588. The van der Waals surface area contributed by atoms with E-state index >= 15 is 0 Å². The van der Waals surface area contributed by atoms with Crippen molar-refractivity contribution < 1.29 is 0 Å². The van der Waals surface area contributed by atoms with Gasteiger partial charge in [0.05, 0.1) is 12.6 Å². The highest BCUT2D eigenvalue weighted by Crippen LogP contribution is 2.21. The van der Waals surface area contributed by atoms with Gasteiger partial charge in [-0.25, -0.2) is 0 Å². The average Bonchev–Trinajstić information content (AvgIpc) is 2.37. The molecule has 0 spiro atoms. The average molecular weight is 273 g/mol. The van der Waals surface area contributed by atoms with E-state index in [1.807, 2.05) is 0 Å². The van der Waals surface area contributed by atoms with E-state index in [1.165, 1.54) is 11.1 Å². The first kappa shape index (κ1) is 15.0. The van der Waals surface area contributed by atoms with E-state index < -0.39 is 0 Å². The molecule has 3 heteroatoms. The maximum atomic E-state index is 4.67. The van der Waals surface area contributed by atoms with Gasteiger partial charge in [-0.05, 0) is 37.8 Å². The minimum atomic E-state index is 0.0357. The Morgan fingerprint density at radius 3 is 2.40 bits per heavy atom. The van der Waals surface area contributed by atoms with Crippen LogP contribution in [0.25, 0.3) is 0 Å². The van der Waals surface area contributed by atoms with E-state index in [0.29, 0.717) is 5.92 Å². The summed E-state index contributed by atoms with van der Waals surface area (Å²) in [4.78, 5) is 4.67. The van der Waals surface area contributed by atoms with E-state index in [-0.39, 0.29) is 11.6 Å². The first-order valence-electron chi connectivity index (χ1n) is 7.52. The molecule has 2 N–H and O–H groups in total. The van der Waals surface area contributed by atoms with E-state index in [1.54, 1.807) is 0 Å². The third kappa shape index (κ3) is 3.83. The number of hydrogen-bond donors (Lipinski definition) is 2. The smallest absolute Gasteiger partial charge is 0.119 e. The standard InChI is InChI=1S/C17H27N3/c1-12(2)13-6-8-14(9-7-13)15-16(19-11-10-18-15)20-17(3,4)5/h6-9,12,15,18H,10-11H2,1-5H3,(H,19,20). The van der Waals surface area contributed by atoms with Crippen LogP contribution < -0.4 is 10.6 Å². The summed E-state index contributed by atoms with van der Waals surface area (Å²) >= 11 is 0. The van der Waals surface area contributed by atoms with Crippen molar-refractivity contribution in [2.75, 3.05) is 13.1 Å². The molecular formula is C17H27N3. The molecule has 2 rings (SSSR count). The number of nitrogens with zero attached hydrogens (tertiary/aromatic N) is 1. The number of hydrogen-bond acceptors (Lipinski definition) is 3. The minimum absolute atomic E-state index is 0.0357. The van der Waals surface area contributed by atoms with Gasteiger partial charge in [-0.1, -0.05) is 38.1 Å². The van der Waals surface area contributed by atoms with Gasteiger partial charge >= 0.3 is 0 Å². The summed E-state index contributed by atoms with van der Waals surface area (Å²) in [5.74, 6) is 1.63. The molecule has 0 aromatic heterocycles. The van der Waals surface area contributed by atoms with Crippen molar-refractivity contribution in [3.63, 3.8) is 0 Å². The number of rotatable bonds is 2. The van der Waals surface area contributed by atoms with Crippen molar-refractivity contribution in [3.8, 4) is 0 Å². The minimum Gasteiger partial charge on any atom is -0.368 e. The Bertz CT molecular complexity index is 466. The summed E-state index contributed by atoms with van der Waals surface area (Å²) in [6.07, 6.45) is 0. The Morgan fingerprint density at radius 2 is 1.85 bits per heavy atom. The van der Waals surface area contributed by atoms with Crippen molar-refractivity contribution in [1.82, 2.24) is 10.6 Å².